The van der Waals surface area contributed by atoms with Crippen LogP contribution >= 0.6 is 11.3 Å². The molecular weight excluding hydrogens is 252 g/mol. The number of nitrogens with one attached hydrogen (secondary N) is 1. The van der Waals surface area contributed by atoms with Crippen LogP contribution in [0, 0.1) is 6.92 Å². The average Bonchev–Trinajstić information content (AvgIpc) is 2.95. The third-order valence-electron chi connectivity index (χ3n) is 2.20. The monoisotopic (exact) mass is 266 g/mol. The fourth-order valence-corrected chi connectivity index (χ4v) is 2.08. The summed E-state index contributed by atoms with van der Waals surface area (Å²) in [6, 6.07) is 0. The van der Waals surface area contributed by atoms with Crippen molar-refractivity contribution in [3.05, 3.63) is 28.0 Å². The van der Waals surface area contributed by atoms with E-state index in [9.17, 15) is 4.79 Å². The lowest BCUT2D eigenvalue weighted by atomic mass is 10.5. The first-order valence-corrected chi connectivity index (χ1v) is 6.32. The molecule has 0 unspecified atom stereocenters. The van der Waals surface area contributed by atoms with Crippen LogP contribution in [0.5, 0.6) is 0 Å². The van der Waals surface area contributed by atoms with E-state index in [1.807, 2.05) is 12.3 Å². The van der Waals surface area contributed by atoms with Gasteiger partial charge in [-0.25, -0.2) is 9.67 Å². The zero-order valence-electron chi connectivity index (χ0n) is 9.96. The third kappa shape index (κ3) is 3.34. The van der Waals surface area contributed by atoms with Crippen molar-refractivity contribution in [2.24, 2.45) is 5.73 Å². The summed E-state index contributed by atoms with van der Waals surface area (Å²) >= 11 is 1.53. The van der Waals surface area contributed by atoms with Gasteiger partial charge in [-0.3, -0.25) is 4.79 Å². The number of aryl methyl sites for hydroxylation is 1. The first kappa shape index (κ1) is 12.7. The van der Waals surface area contributed by atoms with Gasteiger partial charge < -0.3 is 11.1 Å². The van der Waals surface area contributed by atoms with Gasteiger partial charge in [0.15, 0.2) is 0 Å². The molecule has 0 saturated heterocycles. The molecule has 0 saturated carbocycles. The van der Waals surface area contributed by atoms with E-state index < -0.39 is 0 Å². The number of carbonyl (C=O) groups is 1. The largest absolute Gasteiger partial charge is 0.348 e. The van der Waals surface area contributed by atoms with Crippen molar-refractivity contribution in [1.82, 2.24) is 25.3 Å². The van der Waals surface area contributed by atoms with Crippen LogP contribution in [0.2, 0.25) is 0 Å². The van der Waals surface area contributed by atoms with E-state index in [2.05, 4.69) is 20.6 Å². The molecule has 18 heavy (non-hydrogen) atoms. The molecule has 0 aliphatic rings. The predicted molar refractivity (Wildman–Crippen MR) is 66.6 cm³/mol. The minimum atomic E-state index is -0.128. The molecule has 7 nitrogen and oxygen atoms in total. The van der Waals surface area contributed by atoms with Crippen molar-refractivity contribution < 1.29 is 4.79 Å². The first-order valence-electron chi connectivity index (χ1n) is 5.44. The maximum Gasteiger partial charge on any atom is 0.242 e. The van der Waals surface area contributed by atoms with Crippen LogP contribution in [0.1, 0.15) is 16.4 Å². The lowest BCUT2D eigenvalue weighted by molar-refractivity contribution is -0.122. The second kappa shape index (κ2) is 5.69. The molecule has 0 fully saturated rings. The van der Waals surface area contributed by atoms with Crippen LogP contribution in [0.3, 0.4) is 0 Å². The molecule has 3 N–H and O–H groups in total. The number of hydrogen-bond donors (Lipinski definition) is 2. The molecule has 2 rings (SSSR count). The van der Waals surface area contributed by atoms with Crippen LogP contribution in [0.15, 0.2) is 11.6 Å². The number of rotatable bonds is 5. The van der Waals surface area contributed by atoms with Gasteiger partial charge in [0.05, 0.1) is 18.4 Å². The lowest BCUT2D eigenvalue weighted by Crippen LogP contribution is -2.27. The second-order valence-electron chi connectivity index (χ2n) is 3.77. The van der Waals surface area contributed by atoms with Crippen molar-refractivity contribution in [1.29, 1.82) is 0 Å². The molecule has 1 amide bonds. The Kier molecular flexibility index (Phi) is 4.00. The highest BCUT2D eigenvalue weighted by Crippen LogP contribution is 2.07. The van der Waals surface area contributed by atoms with Gasteiger partial charge in [0.2, 0.25) is 5.91 Å². The van der Waals surface area contributed by atoms with Gasteiger partial charge in [0, 0.05) is 17.6 Å². The van der Waals surface area contributed by atoms with Gasteiger partial charge in [-0.2, -0.15) is 0 Å². The Hall–Kier alpha value is -1.80. The SMILES string of the molecule is Cc1csc(CNC(=O)Cn2cc(CN)nn2)n1. The van der Waals surface area contributed by atoms with E-state index in [0.717, 1.165) is 10.7 Å². The zero-order chi connectivity index (χ0) is 13.0. The quantitative estimate of drug-likeness (QED) is 0.782. The van der Waals surface area contributed by atoms with E-state index >= 15 is 0 Å². The first-order chi connectivity index (χ1) is 8.67. The van der Waals surface area contributed by atoms with Crippen molar-refractivity contribution >= 4 is 17.2 Å². The smallest absolute Gasteiger partial charge is 0.242 e. The highest BCUT2D eigenvalue weighted by atomic mass is 32.1. The number of carbonyl (C=O) groups excluding carboxylic acids is 1. The summed E-state index contributed by atoms with van der Waals surface area (Å²) in [4.78, 5) is 15.9. The van der Waals surface area contributed by atoms with Crippen LogP contribution in [-0.4, -0.2) is 25.9 Å². The Morgan fingerprint density at radius 2 is 2.44 bits per heavy atom. The Morgan fingerprint density at radius 1 is 1.61 bits per heavy atom. The molecule has 0 aliphatic carbocycles. The lowest BCUT2D eigenvalue weighted by Gasteiger charge is -2.02. The normalized spacial score (nSPS) is 10.6. The molecule has 0 atom stereocenters. The van der Waals surface area contributed by atoms with Crippen molar-refractivity contribution in [3.8, 4) is 0 Å². The van der Waals surface area contributed by atoms with Gasteiger partial charge in [0.25, 0.3) is 0 Å². The molecule has 0 spiro atoms. The number of amides is 1. The highest BCUT2D eigenvalue weighted by molar-refractivity contribution is 7.09. The molecule has 0 radical (unpaired) electrons. The molecule has 2 aromatic rings. The molecule has 0 aromatic carbocycles. The molecule has 96 valence electrons. The zero-order valence-corrected chi connectivity index (χ0v) is 10.8. The van der Waals surface area contributed by atoms with E-state index in [-0.39, 0.29) is 12.5 Å². The second-order valence-corrected chi connectivity index (χ2v) is 4.71. The Balaban J connectivity index is 1.81. The number of thiazole rings is 1. The van der Waals surface area contributed by atoms with E-state index in [0.29, 0.717) is 18.8 Å². The van der Waals surface area contributed by atoms with E-state index in [4.69, 9.17) is 5.73 Å². The molecule has 0 aliphatic heterocycles. The van der Waals surface area contributed by atoms with Gasteiger partial charge in [-0.05, 0) is 6.92 Å². The van der Waals surface area contributed by atoms with Gasteiger partial charge in [0.1, 0.15) is 11.6 Å². The molecule has 2 heterocycles. The molecule has 8 heteroatoms. The number of hydrogen-bond acceptors (Lipinski definition) is 6. The van der Waals surface area contributed by atoms with Crippen molar-refractivity contribution in [2.75, 3.05) is 0 Å². The van der Waals surface area contributed by atoms with E-state index in [1.54, 1.807) is 6.20 Å². The maximum absolute atomic E-state index is 11.6. The average molecular weight is 266 g/mol. The third-order valence-corrected chi connectivity index (χ3v) is 3.17. The summed E-state index contributed by atoms with van der Waals surface area (Å²) in [5.41, 5.74) is 7.04. The van der Waals surface area contributed by atoms with Crippen LogP contribution in [0.4, 0.5) is 0 Å². The summed E-state index contributed by atoms with van der Waals surface area (Å²) < 4.78 is 1.46. The van der Waals surface area contributed by atoms with Gasteiger partial charge in [-0.15, -0.1) is 16.4 Å². The molecule has 2 aromatic heterocycles. The highest BCUT2D eigenvalue weighted by Gasteiger charge is 2.06. The summed E-state index contributed by atoms with van der Waals surface area (Å²) in [5.74, 6) is -0.128. The van der Waals surface area contributed by atoms with Crippen molar-refractivity contribution in [3.63, 3.8) is 0 Å². The van der Waals surface area contributed by atoms with Gasteiger partial charge in [-0.1, -0.05) is 5.21 Å². The minimum Gasteiger partial charge on any atom is -0.348 e. The number of nitrogens with zero attached hydrogens (tertiary/aromatic N) is 4. The summed E-state index contributed by atoms with van der Waals surface area (Å²) in [6.07, 6.45) is 1.66. The van der Waals surface area contributed by atoms with Crippen LogP contribution in [-0.2, 0) is 24.4 Å². The van der Waals surface area contributed by atoms with Crippen LogP contribution in [0.25, 0.3) is 0 Å². The topological polar surface area (TPSA) is 98.7 Å². The summed E-state index contributed by atoms with van der Waals surface area (Å²) in [7, 11) is 0. The van der Waals surface area contributed by atoms with Crippen molar-refractivity contribution in [2.45, 2.75) is 26.6 Å². The maximum atomic E-state index is 11.6. The number of nitrogens with two attached hydrogens (primary N) is 1. The van der Waals surface area contributed by atoms with Crippen LogP contribution < -0.4 is 11.1 Å². The fourth-order valence-electron chi connectivity index (χ4n) is 1.37. The Morgan fingerprint density at radius 3 is 3.06 bits per heavy atom. The summed E-state index contributed by atoms with van der Waals surface area (Å²) in [5, 5.41) is 13.2. The molecule has 0 bridgehead atoms. The molecular formula is C10H14N6OS. The number of aromatic nitrogens is 4. The Labute approximate surface area is 108 Å². The minimum absolute atomic E-state index is 0.128. The van der Waals surface area contributed by atoms with E-state index in [1.165, 1.54) is 16.0 Å². The standard InChI is InChI=1S/C10H14N6OS/c1-7-6-18-10(13-7)3-12-9(17)5-16-4-8(2-11)14-15-16/h4,6H,2-3,5,11H2,1H3,(H,12,17). The predicted octanol–water partition coefficient (Wildman–Crippen LogP) is -0.182. The fraction of sp³-hybridized carbons (Fsp3) is 0.400. The summed E-state index contributed by atoms with van der Waals surface area (Å²) in [6.45, 7) is 2.82. The van der Waals surface area contributed by atoms with Gasteiger partial charge >= 0.3 is 0 Å². The Bertz CT molecular complexity index is 534.